The summed E-state index contributed by atoms with van der Waals surface area (Å²) in [4.78, 5) is 16.4. The molecule has 100 valence electrons. The second-order valence-corrected chi connectivity index (χ2v) is 5.09. The molecule has 0 radical (unpaired) electrons. The lowest BCUT2D eigenvalue weighted by Gasteiger charge is -2.03. The summed E-state index contributed by atoms with van der Waals surface area (Å²) >= 11 is 1.53. The summed E-state index contributed by atoms with van der Waals surface area (Å²) in [5, 5.41) is 9.22. The maximum Gasteiger partial charge on any atom is 0.256 e. The standard InChI is InChI=1S/C14H11N3O2S/c1-9-7-12(17-19-9)16-13(18)10-3-2-4-11(8-10)14-15-5-6-20-14/h2-8H,1H3,(H,16,17,18). The number of rotatable bonds is 3. The largest absolute Gasteiger partial charge is 0.360 e. The minimum atomic E-state index is -0.225. The number of nitrogens with zero attached hydrogens (tertiary/aromatic N) is 2. The summed E-state index contributed by atoms with van der Waals surface area (Å²) in [5.74, 6) is 0.834. The topological polar surface area (TPSA) is 68.0 Å². The predicted octanol–water partition coefficient (Wildman–Crippen LogP) is 3.36. The van der Waals surface area contributed by atoms with Crippen LogP contribution < -0.4 is 5.32 Å². The Kier molecular flexibility index (Phi) is 3.30. The zero-order valence-electron chi connectivity index (χ0n) is 10.7. The van der Waals surface area contributed by atoms with Crippen molar-refractivity contribution in [3.05, 3.63) is 53.2 Å². The molecule has 3 rings (SSSR count). The highest BCUT2D eigenvalue weighted by molar-refractivity contribution is 7.13. The van der Waals surface area contributed by atoms with E-state index in [9.17, 15) is 4.79 Å². The first-order chi connectivity index (χ1) is 9.72. The Morgan fingerprint density at radius 2 is 2.25 bits per heavy atom. The SMILES string of the molecule is Cc1cc(NC(=O)c2cccc(-c3nccs3)c2)no1. The van der Waals surface area contributed by atoms with E-state index in [2.05, 4.69) is 15.5 Å². The van der Waals surface area contributed by atoms with Crippen molar-refractivity contribution in [1.82, 2.24) is 10.1 Å². The molecular weight excluding hydrogens is 274 g/mol. The molecule has 1 N–H and O–H groups in total. The minimum Gasteiger partial charge on any atom is -0.360 e. The third kappa shape index (κ3) is 2.60. The summed E-state index contributed by atoms with van der Waals surface area (Å²) in [6.45, 7) is 1.77. The molecule has 2 aromatic heterocycles. The zero-order chi connectivity index (χ0) is 13.9. The van der Waals surface area contributed by atoms with Crippen LogP contribution in [0.15, 0.2) is 46.4 Å². The zero-order valence-corrected chi connectivity index (χ0v) is 11.5. The summed E-state index contributed by atoms with van der Waals surface area (Å²) in [6, 6.07) is 8.98. The predicted molar refractivity (Wildman–Crippen MR) is 76.7 cm³/mol. The molecule has 0 saturated heterocycles. The van der Waals surface area contributed by atoms with Crippen molar-refractivity contribution in [2.75, 3.05) is 5.32 Å². The van der Waals surface area contributed by atoms with Crippen molar-refractivity contribution >= 4 is 23.1 Å². The maximum atomic E-state index is 12.1. The highest BCUT2D eigenvalue weighted by atomic mass is 32.1. The van der Waals surface area contributed by atoms with Crippen molar-refractivity contribution in [3.63, 3.8) is 0 Å². The molecule has 0 spiro atoms. The first-order valence-electron chi connectivity index (χ1n) is 5.97. The molecule has 0 aliphatic carbocycles. The van der Waals surface area contributed by atoms with E-state index in [0.717, 1.165) is 10.6 Å². The molecule has 0 unspecified atom stereocenters. The molecule has 0 atom stereocenters. The van der Waals surface area contributed by atoms with Crippen LogP contribution in [0.25, 0.3) is 10.6 Å². The molecule has 0 aliphatic heterocycles. The Labute approximate surface area is 119 Å². The second kappa shape index (κ2) is 5.26. The van der Waals surface area contributed by atoms with Gasteiger partial charge in [-0.2, -0.15) is 0 Å². The molecule has 3 aromatic rings. The van der Waals surface area contributed by atoms with Gasteiger partial charge in [0.1, 0.15) is 10.8 Å². The Bertz CT molecular complexity index is 734. The van der Waals surface area contributed by atoms with E-state index in [1.54, 1.807) is 31.3 Å². The van der Waals surface area contributed by atoms with Gasteiger partial charge in [0.2, 0.25) is 0 Å². The monoisotopic (exact) mass is 285 g/mol. The van der Waals surface area contributed by atoms with Crippen LogP contribution in [0.2, 0.25) is 0 Å². The van der Waals surface area contributed by atoms with Gasteiger partial charge in [0.25, 0.3) is 5.91 Å². The number of hydrogen-bond donors (Lipinski definition) is 1. The average molecular weight is 285 g/mol. The second-order valence-electron chi connectivity index (χ2n) is 4.19. The minimum absolute atomic E-state index is 0.225. The Hall–Kier alpha value is -2.47. The van der Waals surface area contributed by atoms with E-state index < -0.39 is 0 Å². The van der Waals surface area contributed by atoms with Gasteiger partial charge in [-0.3, -0.25) is 4.79 Å². The van der Waals surface area contributed by atoms with Crippen LogP contribution in [0.4, 0.5) is 5.82 Å². The quantitative estimate of drug-likeness (QED) is 0.801. The molecule has 1 aromatic carbocycles. The maximum absolute atomic E-state index is 12.1. The fraction of sp³-hybridized carbons (Fsp3) is 0.0714. The van der Waals surface area contributed by atoms with Crippen LogP contribution in [-0.4, -0.2) is 16.0 Å². The van der Waals surface area contributed by atoms with Crippen molar-refractivity contribution in [2.45, 2.75) is 6.92 Å². The van der Waals surface area contributed by atoms with Crippen LogP contribution in [0.3, 0.4) is 0 Å². The highest BCUT2D eigenvalue weighted by Crippen LogP contribution is 2.22. The Morgan fingerprint density at radius 1 is 1.35 bits per heavy atom. The fourth-order valence-corrected chi connectivity index (χ4v) is 2.41. The molecule has 20 heavy (non-hydrogen) atoms. The van der Waals surface area contributed by atoms with Crippen LogP contribution in [0.5, 0.6) is 0 Å². The highest BCUT2D eigenvalue weighted by Gasteiger charge is 2.10. The summed E-state index contributed by atoms with van der Waals surface area (Å²) in [5.41, 5.74) is 1.47. The van der Waals surface area contributed by atoms with Crippen LogP contribution in [0, 0.1) is 6.92 Å². The lowest BCUT2D eigenvalue weighted by Crippen LogP contribution is -2.12. The molecule has 2 heterocycles. The van der Waals surface area contributed by atoms with E-state index in [1.807, 2.05) is 17.5 Å². The normalized spacial score (nSPS) is 10.4. The Balaban J connectivity index is 1.83. The number of thiazole rings is 1. The molecule has 1 amide bonds. The van der Waals surface area contributed by atoms with Gasteiger partial charge in [-0.1, -0.05) is 17.3 Å². The molecule has 6 heteroatoms. The van der Waals surface area contributed by atoms with E-state index in [0.29, 0.717) is 17.1 Å². The van der Waals surface area contributed by atoms with Crippen molar-refractivity contribution in [3.8, 4) is 10.6 Å². The number of hydrogen-bond acceptors (Lipinski definition) is 5. The number of carbonyl (C=O) groups is 1. The van der Waals surface area contributed by atoms with Gasteiger partial charge >= 0.3 is 0 Å². The smallest absolute Gasteiger partial charge is 0.256 e. The number of anilines is 1. The van der Waals surface area contributed by atoms with Crippen LogP contribution in [0.1, 0.15) is 16.1 Å². The summed E-state index contributed by atoms with van der Waals surface area (Å²) < 4.78 is 4.91. The molecule has 0 saturated carbocycles. The van der Waals surface area contributed by atoms with E-state index in [4.69, 9.17) is 4.52 Å². The number of carbonyl (C=O) groups excluding carboxylic acids is 1. The first kappa shape index (κ1) is 12.6. The van der Waals surface area contributed by atoms with Crippen molar-refractivity contribution in [1.29, 1.82) is 0 Å². The molecule has 0 aliphatic rings. The van der Waals surface area contributed by atoms with E-state index in [1.165, 1.54) is 11.3 Å². The number of amides is 1. The third-order valence-electron chi connectivity index (χ3n) is 2.67. The fourth-order valence-electron chi connectivity index (χ4n) is 1.77. The van der Waals surface area contributed by atoms with Gasteiger partial charge in [-0.15, -0.1) is 11.3 Å². The van der Waals surface area contributed by atoms with Crippen LogP contribution >= 0.6 is 11.3 Å². The lowest BCUT2D eigenvalue weighted by molar-refractivity contribution is 0.102. The van der Waals surface area contributed by atoms with E-state index in [-0.39, 0.29) is 5.91 Å². The molecule has 5 nitrogen and oxygen atoms in total. The Morgan fingerprint density at radius 3 is 2.95 bits per heavy atom. The summed E-state index contributed by atoms with van der Waals surface area (Å²) in [6.07, 6.45) is 1.74. The molecule has 0 bridgehead atoms. The van der Waals surface area contributed by atoms with Crippen molar-refractivity contribution in [2.24, 2.45) is 0 Å². The average Bonchev–Trinajstić information content (AvgIpc) is 3.11. The number of benzene rings is 1. The van der Waals surface area contributed by atoms with Gasteiger partial charge in [0.05, 0.1) is 0 Å². The molecule has 0 fully saturated rings. The van der Waals surface area contributed by atoms with Gasteiger partial charge in [-0.05, 0) is 19.1 Å². The third-order valence-corrected chi connectivity index (χ3v) is 3.50. The van der Waals surface area contributed by atoms with Crippen molar-refractivity contribution < 1.29 is 9.32 Å². The summed E-state index contributed by atoms with van der Waals surface area (Å²) in [7, 11) is 0. The number of aryl methyl sites for hydroxylation is 1. The van der Waals surface area contributed by atoms with Gasteiger partial charge in [-0.25, -0.2) is 4.98 Å². The van der Waals surface area contributed by atoms with Gasteiger partial charge in [0, 0.05) is 28.8 Å². The number of aromatic nitrogens is 2. The van der Waals surface area contributed by atoms with Gasteiger partial charge < -0.3 is 9.84 Å². The lowest BCUT2D eigenvalue weighted by atomic mass is 10.1. The number of nitrogens with one attached hydrogen (secondary N) is 1. The van der Waals surface area contributed by atoms with Crippen LogP contribution in [-0.2, 0) is 0 Å². The molecular formula is C14H11N3O2S. The first-order valence-corrected chi connectivity index (χ1v) is 6.85. The van der Waals surface area contributed by atoms with E-state index >= 15 is 0 Å². The van der Waals surface area contributed by atoms with Gasteiger partial charge in [0.15, 0.2) is 5.82 Å².